The topological polar surface area (TPSA) is 49.8 Å². The van der Waals surface area contributed by atoms with Crippen LogP contribution < -0.4 is 10.6 Å². The van der Waals surface area contributed by atoms with E-state index >= 15 is 0 Å². The highest BCUT2D eigenvalue weighted by Gasteiger charge is 2.10. The van der Waals surface area contributed by atoms with E-state index in [9.17, 15) is 0 Å². The molecule has 4 nitrogen and oxygen atoms in total. The third-order valence-corrected chi connectivity index (χ3v) is 4.05. The molecule has 2 N–H and O–H groups in total. The molecule has 0 aliphatic heterocycles. The van der Waals surface area contributed by atoms with Crippen molar-refractivity contribution < 1.29 is 0 Å². The lowest BCUT2D eigenvalue weighted by molar-refractivity contribution is 0.891. The summed E-state index contributed by atoms with van der Waals surface area (Å²) >= 11 is 12.3. The van der Waals surface area contributed by atoms with Crippen LogP contribution in [0.15, 0.2) is 42.5 Å². The molecule has 1 aromatic heterocycles. The maximum Gasteiger partial charge on any atom is 0.229 e. The fraction of sp³-hybridized carbons (Fsp3) is 0.176. The van der Waals surface area contributed by atoms with Crippen molar-refractivity contribution in [3.63, 3.8) is 0 Å². The van der Waals surface area contributed by atoms with Crippen molar-refractivity contribution in [1.82, 2.24) is 9.97 Å². The molecule has 23 heavy (non-hydrogen) atoms. The standard InChI is InChI=1S/C17H16Cl2N4/c1-10(2)20-16-11-6-3-4-8-13(11)21-17(23-16)22-14-9-5-7-12(18)15(14)19/h3-10H,1-2H3,(H2,20,21,22,23). The van der Waals surface area contributed by atoms with E-state index < -0.39 is 0 Å². The van der Waals surface area contributed by atoms with Crippen LogP contribution in [0.4, 0.5) is 17.5 Å². The lowest BCUT2D eigenvalue weighted by Crippen LogP contribution is -2.12. The number of rotatable bonds is 4. The van der Waals surface area contributed by atoms with E-state index in [4.69, 9.17) is 23.2 Å². The molecule has 0 aliphatic carbocycles. The lowest BCUT2D eigenvalue weighted by Gasteiger charge is -2.14. The molecular formula is C17H16Cl2N4. The monoisotopic (exact) mass is 346 g/mol. The molecule has 0 radical (unpaired) electrons. The number of para-hydroxylation sites is 1. The number of nitrogens with one attached hydrogen (secondary N) is 2. The first-order chi connectivity index (χ1) is 11.0. The van der Waals surface area contributed by atoms with Gasteiger partial charge in [0.1, 0.15) is 5.82 Å². The summed E-state index contributed by atoms with van der Waals surface area (Å²) in [4.78, 5) is 9.12. The van der Waals surface area contributed by atoms with Gasteiger partial charge in [-0.25, -0.2) is 4.98 Å². The predicted molar refractivity (Wildman–Crippen MR) is 98.0 cm³/mol. The van der Waals surface area contributed by atoms with Crippen molar-refractivity contribution in [2.75, 3.05) is 10.6 Å². The van der Waals surface area contributed by atoms with Gasteiger partial charge in [-0.15, -0.1) is 0 Å². The molecule has 3 aromatic rings. The quantitative estimate of drug-likeness (QED) is 0.654. The molecule has 118 valence electrons. The molecule has 0 saturated heterocycles. The third-order valence-electron chi connectivity index (χ3n) is 3.23. The summed E-state index contributed by atoms with van der Waals surface area (Å²) in [7, 11) is 0. The molecule has 0 atom stereocenters. The second kappa shape index (κ2) is 6.60. The Morgan fingerprint density at radius 1 is 0.957 bits per heavy atom. The Kier molecular flexibility index (Phi) is 4.55. The minimum absolute atomic E-state index is 0.260. The summed E-state index contributed by atoms with van der Waals surface area (Å²) in [5.74, 6) is 1.25. The van der Waals surface area contributed by atoms with E-state index in [2.05, 4.69) is 34.4 Å². The van der Waals surface area contributed by atoms with Crippen molar-refractivity contribution in [2.45, 2.75) is 19.9 Å². The van der Waals surface area contributed by atoms with Crippen LogP contribution in [0.3, 0.4) is 0 Å². The van der Waals surface area contributed by atoms with E-state index in [1.807, 2.05) is 36.4 Å². The van der Waals surface area contributed by atoms with Crippen LogP contribution in [-0.4, -0.2) is 16.0 Å². The van der Waals surface area contributed by atoms with Crippen molar-refractivity contribution in [1.29, 1.82) is 0 Å². The second-order valence-corrected chi connectivity index (χ2v) is 6.22. The summed E-state index contributed by atoms with van der Waals surface area (Å²) in [5, 5.41) is 8.40. The zero-order chi connectivity index (χ0) is 16.4. The summed E-state index contributed by atoms with van der Waals surface area (Å²) in [6.07, 6.45) is 0. The van der Waals surface area contributed by atoms with Gasteiger partial charge in [0.05, 0.1) is 21.2 Å². The number of fused-ring (bicyclic) bond motifs is 1. The summed E-state index contributed by atoms with van der Waals surface area (Å²) in [6.45, 7) is 4.13. The largest absolute Gasteiger partial charge is 0.367 e. The van der Waals surface area contributed by atoms with Gasteiger partial charge >= 0.3 is 0 Å². The van der Waals surface area contributed by atoms with Crippen LogP contribution in [0.2, 0.25) is 10.0 Å². The molecular weight excluding hydrogens is 331 g/mol. The van der Waals surface area contributed by atoms with Gasteiger partial charge in [-0.2, -0.15) is 4.98 Å². The fourth-order valence-corrected chi connectivity index (χ4v) is 2.58. The molecule has 1 heterocycles. The predicted octanol–water partition coefficient (Wildman–Crippen LogP) is 5.50. The first-order valence-electron chi connectivity index (χ1n) is 7.29. The highest BCUT2D eigenvalue weighted by atomic mass is 35.5. The van der Waals surface area contributed by atoms with Crippen molar-refractivity contribution >= 4 is 51.6 Å². The maximum absolute atomic E-state index is 6.22. The first kappa shape index (κ1) is 15.8. The molecule has 2 aromatic carbocycles. The number of aromatic nitrogens is 2. The molecule has 0 saturated carbocycles. The minimum atomic E-state index is 0.260. The SMILES string of the molecule is CC(C)Nc1nc(Nc2cccc(Cl)c2Cl)nc2ccccc12. The van der Waals surface area contributed by atoms with E-state index in [0.717, 1.165) is 16.7 Å². The van der Waals surface area contributed by atoms with Gasteiger partial charge in [0.2, 0.25) is 5.95 Å². The lowest BCUT2D eigenvalue weighted by atomic mass is 10.2. The normalized spacial score (nSPS) is 11.0. The number of hydrogen-bond donors (Lipinski definition) is 2. The maximum atomic E-state index is 6.22. The highest BCUT2D eigenvalue weighted by molar-refractivity contribution is 6.43. The van der Waals surface area contributed by atoms with E-state index in [0.29, 0.717) is 21.7 Å². The zero-order valence-corrected chi connectivity index (χ0v) is 14.3. The Balaban J connectivity index is 2.05. The van der Waals surface area contributed by atoms with Gasteiger partial charge in [-0.1, -0.05) is 41.4 Å². The third kappa shape index (κ3) is 3.49. The average molecular weight is 347 g/mol. The zero-order valence-electron chi connectivity index (χ0n) is 12.8. The second-order valence-electron chi connectivity index (χ2n) is 5.44. The van der Waals surface area contributed by atoms with Crippen LogP contribution in [0.1, 0.15) is 13.8 Å². The molecule has 3 rings (SSSR count). The van der Waals surface area contributed by atoms with Crippen LogP contribution in [0, 0.1) is 0 Å². The number of nitrogens with zero attached hydrogens (tertiary/aromatic N) is 2. The van der Waals surface area contributed by atoms with Crippen LogP contribution in [-0.2, 0) is 0 Å². The minimum Gasteiger partial charge on any atom is -0.367 e. The molecule has 0 amide bonds. The molecule has 0 fully saturated rings. The smallest absolute Gasteiger partial charge is 0.229 e. The van der Waals surface area contributed by atoms with Crippen LogP contribution in [0.25, 0.3) is 10.9 Å². The Morgan fingerprint density at radius 2 is 1.74 bits per heavy atom. The van der Waals surface area contributed by atoms with E-state index in [1.165, 1.54) is 0 Å². The average Bonchev–Trinajstić information content (AvgIpc) is 2.51. The van der Waals surface area contributed by atoms with Crippen LogP contribution in [0.5, 0.6) is 0 Å². The number of benzene rings is 2. The fourth-order valence-electron chi connectivity index (χ4n) is 2.24. The van der Waals surface area contributed by atoms with Gasteiger partial charge in [-0.3, -0.25) is 0 Å². The molecule has 0 spiro atoms. The van der Waals surface area contributed by atoms with Crippen LogP contribution >= 0.6 is 23.2 Å². The molecule has 6 heteroatoms. The van der Waals surface area contributed by atoms with Gasteiger partial charge in [0, 0.05) is 11.4 Å². The first-order valence-corrected chi connectivity index (χ1v) is 8.04. The number of halogens is 2. The van der Waals surface area contributed by atoms with E-state index in [1.54, 1.807) is 6.07 Å². The number of anilines is 3. The van der Waals surface area contributed by atoms with Gasteiger partial charge < -0.3 is 10.6 Å². The molecule has 0 bridgehead atoms. The van der Waals surface area contributed by atoms with Crippen molar-refractivity contribution in [3.8, 4) is 0 Å². The Labute approximate surface area is 144 Å². The van der Waals surface area contributed by atoms with Gasteiger partial charge in [0.25, 0.3) is 0 Å². The van der Waals surface area contributed by atoms with Gasteiger partial charge in [0.15, 0.2) is 0 Å². The molecule has 0 unspecified atom stereocenters. The van der Waals surface area contributed by atoms with Crippen molar-refractivity contribution in [3.05, 3.63) is 52.5 Å². The highest BCUT2D eigenvalue weighted by Crippen LogP contribution is 2.32. The number of hydrogen-bond acceptors (Lipinski definition) is 4. The summed E-state index contributed by atoms with van der Waals surface area (Å²) in [5.41, 5.74) is 1.52. The van der Waals surface area contributed by atoms with Crippen molar-refractivity contribution in [2.24, 2.45) is 0 Å². The summed E-state index contributed by atoms with van der Waals surface area (Å²) in [6, 6.07) is 13.5. The van der Waals surface area contributed by atoms with Gasteiger partial charge in [-0.05, 0) is 38.1 Å². The Bertz CT molecular complexity index is 849. The summed E-state index contributed by atoms with van der Waals surface area (Å²) < 4.78 is 0. The Morgan fingerprint density at radius 3 is 2.52 bits per heavy atom. The van der Waals surface area contributed by atoms with E-state index in [-0.39, 0.29) is 6.04 Å². The Hall–Kier alpha value is -2.04. The molecule has 0 aliphatic rings.